The number of amides is 1. The summed E-state index contributed by atoms with van der Waals surface area (Å²) in [6, 6.07) is 17.5. The van der Waals surface area contributed by atoms with Crippen LogP contribution in [-0.2, 0) is 6.42 Å². The summed E-state index contributed by atoms with van der Waals surface area (Å²) in [6.07, 6.45) is 4.63. The van der Waals surface area contributed by atoms with E-state index in [1.807, 2.05) is 42.5 Å². The largest absolute Gasteiger partial charge is 0.505 e. The number of benzene rings is 3. The average molecular weight is 561 g/mol. The van der Waals surface area contributed by atoms with Crippen LogP contribution in [0.4, 0.5) is 4.39 Å². The van der Waals surface area contributed by atoms with Crippen molar-refractivity contribution < 1.29 is 24.1 Å². The molecule has 6 nitrogen and oxygen atoms in total. The summed E-state index contributed by atoms with van der Waals surface area (Å²) < 4.78 is 19.9. The van der Waals surface area contributed by atoms with Crippen LogP contribution < -0.4 is 4.74 Å². The highest BCUT2D eigenvalue weighted by Gasteiger charge is 2.29. The van der Waals surface area contributed by atoms with E-state index >= 15 is 0 Å². The number of β-amino-alcohol motifs (C(OH)–C–C–N with tert-alkyl or cyclic N) is 1. The molecule has 1 unspecified atom stereocenters. The number of carbonyl (C=O) groups is 1. The molecule has 3 aromatic rings. The number of aliphatic hydroxyl groups is 1. The second-order valence-electron chi connectivity index (χ2n) is 10.7. The molecule has 1 saturated heterocycles. The fourth-order valence-electron chi connectivity index (χ4n) is 5.62. The van der Waals surface area contributed by atoms with Gasteiger partial charge in [-0.05, 0) is 85.2 Å². The predicted octanol–water partition coefficient (Wildman–Crippen LogP) is 6.37. The van der Waals surface area contributed by atoms with E-state index in [1.165, 1.54) is 12.1 Å². The van der Waals surface area contributed by atoms with E-state index in [4.69, 9.17) is 4.74 Å². The van der Waals surface area contributed by atoms with Crippen molar-refractivity contribution in [3.05, 3.63) is 89.8 Å². The first-order chi connectivity index (χ1) is 19.9. The fraction of sp³-hybridized carbons (Fsp3) is 0.382. The highest BCUT2D eigenvalue weighted by Crippen LogP contribution is 2.33. The third-order valence-corrected chi connectivity index (χ3v) is 7.87. The molecule has 0 radical (unpaired) electrons. The molecule has 3 aromatic carbocycles. The van der Waals surface area contributed by atoms with Crippen LogP contribution in [0.5, 0.6) is 11.5 Å². The van der Waals surface area contributed by atoms with Gasteiger partial charge in [-0.25, -0.2) is 4.39 Å². The van der Waals surface area contributed by atoms with E-state index in [0.717, 1.165) is 56.3 Å². The number of para-hydroxylation sites is 1. The Labute approximate surface area is 242 Å². The molecule has 4 rings (SSSR count). The zero-order chi connectivity index (χ0) is 29.4. The van der Waals surface area contributed by atoms with Gasteiger partial charge in [0.2, 0.25) is 0 Å². The van der Waals surface area contributed by atoms with E-state index in [2.05, 4.69) is 18.4 Å². The van der Waals surface area contributed by atoms with Crippen molar-refractivity contribution in [2.24, 2.45) is 5.92 Å². The molecule has 0 bridgehead atoms. The second-order valence-corrected chi connectivity index (χ2v) is 10.7. The molecule has 1 fully saturated rings. The highest BCUT2D eigenvalue weighted by molar-refractivity contribution is 6.02. The van der Waals surface area contributed by atoms with E-state index in [9.17, 15) is 19.4 Å². The Morgan fingerprint density at radius 3 is 2.61 bits per heavy atom. The Morgan fingerprint density at radius 1 is 1.12 bits per heavy atom. The van der Waals surface area contributed by atoms with Gasteiger partial charge in [-0.15, -0.1) is 0 Å². The molecule has 0 aromatic heterocycles. The van der Waals surface area contributed by atoms with E-state index < -0.39 is 11.6 Å². The molecule has 1 aliphatic rings. The van der Waals surface area contributed by atoms with Crippen LogP contribution in [0.2, 0.25) is 0 Å². The molecule has 0 saturated carbocycles. The summed E-state index contributed by atoms with van der Waals surface area (Å²) in [5, 5.41) is 19.2. The minimum Gasteiger partial charge on any atom is -0.505 e. The number of aliphatic hydroxyl groups excluding tert-OH is 1. The van der Waals surface area contributed by atoms with Crippen molar-refractivity contribution in [3.63, 3.8) is 0 Å². The van der Waals surface area contributed by atoms with Gasteiger partial charge < -0.3 is 24.7 Å². The van der Waals surface area contributed by atoms with Crippen LogP contribution in [0.25, 0.3) is 16.8 Å². The van der Waals surface area contributed by atoms with Gasteiger partial charge in [0, 0.05) is 36.5 Å². The molecule has 1 heterocycles. The standard InChI is InChI=1S/C34H41FN2O4/c1-4-5-10-26-13-14-27(28-15-16-32(39)31(35)21-28)20-30(26)34(40)37(23-25-9-8-17-36(22-25)18-19-38)24(2)29-11-6-7-12-33(29)41-3/h6-7,11-16,20-21,25,38-39H,2,4-5,8-10,17-19,22-23H2,1,3H3. The lowest BCUT2D eigenvalue weighted by molar-refractivity contribution is 0.0769. The smallest absolute Gasteiger partial charge is 0.258 e. The molecular formula is C34H41FN2O4. The molecule has 1 amide bonds. The molecule has 1 atom stereocenters. The SMILES string of the molecule is C=C(c1ccccc1OC)N(CC1CCCN(CCO)C1)C(=O)c1cc(-c2ccc(O)c(F)c2)ccc1CCCC. The molecule has 1 aliphatic heterocycles. The van der Waals surface area contributed by atoms with Gasteiger partial charge in [0.05, 0.1) is 13.7 Å². The summed E-state index contributed by atoms with van der Waals surface area (Å²) in [7, 11) is 1.61. The Morgan fingerprint density at radius 2 is 1.88 bits per heavy atom. The van der Waals surface area contributed by atoms with E-state index in [0.29, 0.717) is 41.2 Å². The number of hydrogen-bond acceptors (Lipinski definition) is 5. The number of halogens is 1. The van der Waals surface area contributed by atoms with Gasteiger partial charge in [0.15, 0.2) is 11.6 Å². The van der Waals surface area contributed by atoms with Crippen LogP contribution in [0.1, 0.15) is 54.1 Å². The number of unbranched alkanes of at least 4 members (excludes halogenated alkanes) is 1. The number of phenols is 1. The number of ether oxygens (including phenoxy) is 1. The monoisotopic (exact) mass is 560 g/mol. The number of aromatic hydroxyl groups is 1. The van der Waals surface area contributed by atoms with Crippen LogP contribution in [-0.4, -0.2) is 65.8 Å². The van der Waals surface area contributed by atoms with Crippen LogP contribution in [0.15, 0.2) is 67.2 Å². The van der Waals surface area contributed by atoms with Gasteiger partial charge in [-0.1, -0.05) is 50.3 Å². The number of piperidine rings is 1. The summed E-state index contributed by atoms with van der Waals surface area (Å²) in [5.41, 5.74) is 4.08. The Kier molecular flexibility index (Phi) is 10.6. The van der Waals surface area contributed by atoms with Gasteiger partial charge in [-0.2, -0.15) is 0 Å². The van der Waals surface area contributed by atoms with Gasteiger partial charge in [-0.3, -0.25) is 4.79 Å². The first-order valence-electron chi connectivity index (χ1n) is 14.4. The molecule has 41 heavy (non-hydrogen) atoms. The highest BCUT2D eigenvalue weighted by atomic mass is 19.1. The zero-order valence-electron chi connectivity index (χ0n) is 24.1. The number of methoxy groups -OCH3 is 1. The third-order valence-electron chi connectivity index (χ3n) is 7.87. The van der Waals surface area contributed by atoms with E-state index in [1.54, 1.807) is 18.1 Å². The van der Waals surface area contributed by atoms with E-state index in [-0.39, 0.29) is 18.4 Å². The first kappa shape index (κ1) is 30.3. The number of aryl methyl sites for hydroxylation is 1. The average Bonchev–Trinajstić information content (AvgIpc) is 3.00. The van der Waals surface area contributed by atoms with Gasteiger partial charge in [0.1, 0.15) is 5.75 Å². The lowest BCUT2D eigenvalue weighted by Gasteiger charge is -2.36. The van der Waals surface area contributed by atoms with Crippen LogP contribution >= 0.6 is 0 Å². The van der Waals surface area contributed by atoms with Crippen molar-refractivity contribution in [2.45, 2.75) is 39.0 Å². The zero-order valence-corrected chi connectivity index (χ0v) is 24.1. The van der Waals surface area contributed by atoms with Gasteiger partial charge in [0.25, 0.3) is 5.91 Å². The van der Waals surface area contributed by atoms with Crippen molar-refractivity contribution in [1.82, 2.24) is 9.80 Å². The minimum absolute atomic E-state index is 0.106. The summed E-state index contributed by atoms with van der Waals surface area (Å²) >= 11 is 0. The number of rotatable bonds is 12. The number of hydrogen-bond donors (Lipinski definition) is 2. The summed E-state index contributed by atoms with van der Waals surface area (Å²) in [5.74, 6) is -0.431. The van der Waals surface area contributed by atoms with Crippen molar-refractivity contribution in [3.8, 4) is 22.6 Å². The maximum absolute atomic E-state index is 14.6. The number of likely N-dealkylation sites (tertiary alicyclic amines) is 1. The topological polar surface area (TPSA) is 73.2 Å². The molecule has 2 N–H and O–H groups in total. The van der Waals surface area contributed by atoms with Crippen molar-refractivity contribution in [1.29, 1.82) is 0 Å². The fourth-order valence-corrected chi connectivity index (χ4v) is 5.62. The van der Waals surface area contributed by atoms with Gasteiger partial charge >= 0.3 is 0 Å². The predicted molar refractivity (Wildman–Crippen MR) is 161 cm³/mol. The molecule has 0 aliphatic carbocycles. The van der Waals surface area contributed by atoms with Crippen LogP contribution in [0, 0.1) is 11.7 Å². The number of carbonyl (C=O) groups excluding carboxylic acids is 1. The van der Waals surface area contributed by atoms with Crippen LogP contribution in [0.3, 0.4) is 0 Å². The Hall–Kier alpha value is -3.68. The summed E-state index contributed by atoms with van der Waals surface area (Å²) in [4.78, 5) is 18.6. The third kappa shape index (κ3) is 7.34. The number of nitrogens with zero attached hydrogens (tertiary/aromatic N) is 2. The quantitative estimate of drug-likeness (QED) is 0.269. The van der Waals surface area contributed by atoms with Crippen molar-refractivity contribution >= 4 is 11.6 Å². The molecule has 7 heteroatoms. The maximum Gasteiger partial charge on any atom is 0.258 e. The molecular weight excluding hydrogens is 519 g/mol. The second kappa shape index (κ2) is 14.3. The molecule has 218 valence electrons. The lowest BCUT2D eigenvalue weighted by Crippen LogP contribution is -2.43. The number of phenolic OH excluding ortho intramolecular Hbond substituents is 1. The normalized spacial score (nSPS) is 15.5. The Bertz CT molecular complexity index is 1360. The minimum atomic E-state index is -0.707. The van der Waals surface area contributed by atoms with Crippen molar-refractivity contribution in [2.75, 3.05) is 39.9 Å². The Balaban J connectivity index is 1.77. The summed E-state index contributed by atoms with van der Waals surface area (Å²) in [6.45, 7) is 9.43. The first-order valence-corrected chi connectivity index (χ1v) is 14.4. The molecule has 0 spiro atoms. The lowest BCUT2D eigenvalue weighted by atomic mass is 9.93. The maximum atomic E-state index is 14.6.